The maximum Gasteiger partial charge on any atom is 0.246 e. The van der Waals surface area contributed by atoms with Crippen LogP contribution in [0.2, 0.25) is 10.2 Å². The molecule has 0 saturated carbocycles. The molecule has 0 aliphatic carbocycles. The molecular formula is C25H32Cl2N4O2. The van der Waals surface area contributed by atoms with E-state index >= 15 is 0 Å². The number of hydrogen-bond donors (Lipinski definition) is 1. The number of nitrogens with one attached hydrogen (secondary N) is 1. The summed E-state index contributed by atoms with van der Waals surface area (Å²) in [5.74, 6) is 0.369. The van der Waals surface area contributed by atoms with Crippen LogP contribution in [0.25, 0.3) is 6.08 Å². The lowest BCUT2D eigenvalue weighted by Crippen LogP contribution is -2.45. The summed E-state index contributed by atoms with van der Waals surface area (Å²) in [6.45, 7) is 9.73. The van der Waals surface area contributed by atoms with E-state index in [0.29, 0.717) is 48.6 Å². The summed E-state index contributed by atoms with van der Waals surface area (Å²) < 4.78 is 1.71. The lowest BCUT2D eigenvalue weighted by Gasteiger charge is -2.31. The molecule has 1 atom stereocenters. The molecule has 2 amide bonds. The monoisotopic (exact) mass is 490 g/mol. The summed E-state index contributed by atoms with van der Waals surface area (Å²) in [5, 5.41) is 8.77. The summed E-state index contributed by atoms with van der Waals surface area (Å²) >= 11 is 12.5. The minimum atomic E-state index is -0.0784. The molecule has 0 bridgehead atoms. The lowest BCUT2D eigenvalue weighted by molar-refractivity contribution is -0.132. The molecule has 6 nitrogen and oxygen atoms in total. The summed E-state index contributed by atoms with van der Waals surface area (Å²) in [7, 11) is 0. The number of carbonyl (C=O) groups excluding carboxylic acids is 2. The minimum absolute atomic E-state index is 0.0398. The van der Waals surface area contributed by atoms with Gasteiger partial charge in [0.2, 0.25) is 11.8 Å². The standard InChI is InChI=1S/C25H32Cl2N4O2/c1-16(2)17(3)28-25(33)20-11-13-30(14-12-20)23(32)10-9-22-18(4)29-31(24(22)27)15-19-5-7-21(26)8-6-19/h5-10,16-17,20H,11-15H2,1-4H3,(H,28,33)/b10-9+. The normalized spacial score (nSPS) is 15.9. The number of hydrogen-bond acceptors (Lipinski definition) is 3. The number of benzene rings is 1. The third kappa shape index (κ3) is 6.61. The molecule has 1 aromatic heterocycles. The second kappa shape index (κ2) is 11.2. The number of nitrogens with zero attached hydrogens (tertiary/aromatic N) is 3. The number of rotatable bonds is 7. The number of aromatic nitrogens is 2. The molecule has 33 heavy (non-hydrogen) atoms. The van der Waals surface area contributed by atoms with Gasteiger partial charge in [0.25, 0.3) is 0 Å². The quantitative estimate of drug-likeness (QED) is 0.557. The van der Waals surface area contributed by atoms with E-state index in [1.54, 1.807) is 21.7 Å². The van der Waals surface area contributed by atoms with Gasteiger partial charge in [0, 0.05) is 41.7 Å². The Balaban J connectivity index is 1.57. The van der Waals surface area contributed by atoms with Crippen molar-refractivity contribution < 1.29 is 9.59 Å². The molecule has 0 spiro atoms. The van der Waals surface area contributed by atoms with Crippen molar-refractivity contribution in [2.45, 2.75) is 53.1 Å². The van der Waals surface area contributed by atoms with Gasteiger partial charge in [-0.05, 0) is 56.4 Å². The van der Waals surface area contributed by atoms with Gasteiger partial charge < -0.3 is 10.2 Å². The topological polar surface area (TPSA) is 67.2 Å². The molecule has 1 N–H and O–H groups in total. The van der Waals surface area contributed by atoms with Gasteiger partial charge in [0.15, 0.2) is 0 Å². The van der Waals surface area contributed by atoms with Gasteiger partial charge in [-0.15, -0.1) is 0 Å². The lowest BCUT2D eigenvalue weighted by atomic mass is 9.94. The molecule has 3 rings (SSSR count). The number of halogens is 2. The molecule has 1 aliphatic heterocycles. The molecule has 8 heteroatoms. The number of aryl methyl sites for hydroxylation is 1. The summed E-state index contributed by atoms with van der Waals surface area (Å²) in [5.41, 5.74) is 2.52. The third-order valence-corrected chi connectivity index (χ3v) is 6.95. The molecule has 2 heterocycles. The number of amides is 2. The Morgan fingerprint density at radius 2 is 1.79 bits per heavy atom. The summed E-state index contributed by atoms with van der Waals surface area (Å²) in [6.07, 6.45) is 4.63. The van der Waals surface area contributed by atoms with Crippen LogP contribution in [0.3, 0.4) is 0 Å². The van der Waals surface area contributed by atoms with Gasteiger partial charge in [0.05, 0.1) is 12.2 Å². The molecule has 1 aliphatic rings. The van der Waals surface area contributed by atoms with Crippen molar-refractivity contribution in [1.29, 1.82) is 0 Å². The molecule has 2 aromatic rings. The first-order valence-corrected chi connectivity index (χ1v) is 12.2. The number of likely N-dealkylation sites (tertiary alicyclic amines) is 1. The first-order chi connectivity index (χ1) is 15.7. The summed E-state index contributed by atoms with van der Waals surface area (Å²) in [6, 6.07) is 7.68. The highest BCUT2D eigenvalue weighted by Gasteiger charge is 2.27. The smallest absolute Gasteiger partial charge is 0.246 e. The van der Waals surface area contributed by atoms with E-state index in [0.717, 1.165) is 16.8 Å². The van der Waals surface area contributed by atoms with Crippen LogP contribution in [0, 0.1) is 18.8 Å². The Bertz CT molecular complexity index is 1010. The average Bonchev–Trinajstić information content (AvgIpc) is 3.05. The molecule has 1 saturated heterocycles. The Labute approximate surface area is 205 Å². The molecule has 1 aromatic carbocycles. The van der Waals surface area contributed by atoms with Crippen LogP contribution >= 0.6 is 23.2 Å². The van der Waals surface area contributed by atoms with Gasteiger partial charge in [-0.2, -0.15) is 5.10 Å². The van der Waals surface area contributed by atoms with Crippen LogP contribution in [0.1, 0.15) is 50.4 Å². The van der Waals surface area contributed by atoms with E-state index in [9.17, 15) is 9.59 Å². The van der Waals surface area contributed by atoms with Crippen LogP contribution in [0.4, 0.5) is 0 Å². The van der Waals surface area contributed by atoms with Crippen molar-refractivity contribution in [2.24, 2.45) is 11.8 Å². The second-order valence-electron chi connectivity index (χ2n) is 9.05. The van der Waals surface area contributed by atoms with E-state index in [4.69, 9.17) is 23.2 Å². The number of piperidine rings is 1. The molecule has 1 unspecified atom stereocenters. The highest BCUT2D eigenvalue weighted by molar-refractivity contribution is 6.31. The van der Waals surface area contributed by atoms with Crippen LogP contribution in [0.5, 0.6) is 0 Å². The maximum atomic E-state index is 12.7. The Morgan fingerprint density at radius 3 is 2.39 bits per heavy atom. The van der Waals surface area contributed by atoms with Gasteiger partial charge in [-0.3, -0.25) is 9.59 Å². The van der Waals surface area contributed by atoms with Crippen LogP contribution < -0.4 is 5.32 Å². The molecule has 178 valence electrons. The molecular weight excluding hydrogens is 459 g/mol. The van der Waals surface area contributed by atoms with Crippen molar-refractivity contribution in [1.82, 2.24) is 20.0 Å². The second-order valence-corrected chi connectivity index (χ2v) is 9.84. The Kier molecular flexibility index (Phi) is 8.60. The average molecular weight is 491 g/mol. The molecule has 1 fully saturated rings. The predicted molar refractivity (Wildman–Crippen MR) is 133 cm³/mol. The van der Waals surface area contributed by atoms with E-state index < -0.39 is 0 Å². The van der Waals surface area contributed by atoms with Crippen molar-refractivity contribution >= 4 is 41.1 Å². The Hall–Kier alpha value is -2.31. The maximum absolute atomic E-state index is 12.7. The van der Waals surface area contributed by atoms with Crippen molar-refractivity contribution in [3.63, 3.8) is 0 Å². The van der Waals surface area contributed by atoms with Crippen LogP contribution in [0.15, 0.2) is 30.3 Å². The van der Waals surface area contributed by atoms with Gasteiger partial charge in [-0.25, -0.2) is 4.68 Å². The zero-order valence-electron chi connectivity index (χ0n) is 19.6. The SMILES string of the molecule is Cc1nn(Cc2ccc(Cl)cc2)c(Cl)c1/C=C/C(=O)N1CCC(C(=O)NC(C)C(C)C)CC1. The van der Waals surface area contributed by atoms with E-state index in [2.05, 4.69) is 24.3 Å². The first-order valence-electron chi connectivity index (χ1n) is 11.4. The zero-order valence-corrected chi connectivity index (χ0v) is 21.2. The van der Waals surface area contributed by atoms with Gasteiger partial charge in [-0.1, -0.05) is 49.2 Å². The minimum Gasteiger partial charge on any atom is -0.353 e. The van der Waals surface area contributed by atoms with Gasteiger partial charge in [0.1, 0.15) is 5.15 Å². The van der Waals surface area contributed by atoms with Gasteiger partial charge >= 0.3 is 0 Å². The van der Waals surface area contributed by atoms with Crippen molar-refractivity contribution in [2.75, 3.05) is 13.1 Å². The molecule has 0 radical (unpaired) electrons. The highest BCUT2D eigenvalue weighted by atomic mass is 35.5. The summed E-state index contributed by atoms with van der Waals surface area (Å²) in [4.78, 5) is 27.0. The van der Waals surface area contributed by atoms with Crippen molar-refractivity contribution in [3.05, 3.63) is 57.3 Å². The third-order valence-electron chi connectivity index (χ3n) is 6.29. The fourth-order valence-electron chi connectivity index (χ4n) is 3.76. The van der Waals surface area contributed by atoms with Crippen LogP contribution in [-0.4, -0.2) is 45.6 Å². The number of carbonyl (C=O) groups is 2. The van der Waals surface area contributed by atoms with E-state index in [1.165, 1.54) is 0 Å². The first kappa shape index (κ1) is 25.3. The zero-order chi connectivity index (χ0) is 24.1. The highest BCUT2D eigenvalue weighted by Crippen LogP contribution is 2.24. The largest absolute Gasteiger partial charge is 0.353 e. The van der Waals surface area contributed by atoms with Crippen molar-refractivity contribution in [3.8, 4) is 0 Å². The fourth-order valence-corrected chi connectivity index (χ4v) is 4.18. The van der Waals surface area contributed by atoms with E-state index in [1.807, 2.05) is 38.1 Å². The van der Waals surface area contributed by atoms with E-state index in [-0.39, 0.29) is 23.8 Å². The fraction of sp³-hybridized carbons (Fsp3) is 0.480. The predicted octanol–water partition coefficient (Wildman–Crippen LogP) is 4.96. The Morgan fingerprint density at radius 1 is 1.15 bits per heavy atom. The van der Waals surface area contributed by atoms with Crippen LogP contribution in [-0.2, 0) is 16.1 Å².